The molecule has 0 bridgehead atoms. The predicted octanol–water partition coefficient (Wildman–Crippen LogP) is 4.13. The molecule has 1 aliphatic heterocycles. The second kappa shape index (κ2) is 7.77. The van der Waals surface area contributed by atoms with Crippen molar-refractivity contribution in [1.82, 2.24) is 5.32 Å². The lowest BCUT2D eigenvalue weighted by atomic mass is 9.92. The van der Waals surface area contributed by atoms with Gasteiger partial charge in [0.15, 0.2) is 5.54 Å². The molecule has 1 N–H and O–H groups in total. The van der Waals surface area contributed by atoms with Crippen LogP contribution in [0.3, 0.4) is 0 Å². The number of hydrogen-bond acceptors (Lipinski definition) is 5. The van der Waals surface area contributed by atoms with Crippen LogP contribution in [0.25, 0.3) is 0 Å². The van der Waals surface area contributed by atoms with Crippen LogP contribution in [0.15, 0.2) is 36.4 Å². The van der Waals surface area contributed by atoms with Crippen molar-refractivity contribution in [3.05, 3.63) is 58.1 Å². The molecule has 0 unspecified atom stereocenters. The van der Waals surface area contributed by atoms with Gasteiger partial charge in [0.05, 0.1) is 22.7 Å². The Labute approximate surface area is 174 Å². The number of nitriles is 2. The molecule has 2 aromatic rings. The van der Waals surface area contributed by atoms with Gasteiger partial charge in [-0.2, -0.15) is 10.5 Å². The molecule has 0 aromatic heterocycles. The first-order valence-electron chi connectivity index (χ1n) is 8.53. The summed E-state index contributed by atoms with van der Waals surface area (Å²) in [6.07, 6.45) is -5.40. The number of amides is 1. The molecule has 2 atom stereocenters. The Balaban J connectivity index is 1.76. The van der Waals surface area contributed by atoms with Crippen LogP contribution in [0, 0.1) is 22.7 Å². The third kappa shape index (κ3) is 4.42. The molecule has 30 heavy (non-hydrogen) atoms. The van der Waals surface area contributed by atoms with E-state index in [1.165, 1.54) is 13.0 Å². The Bertz CT molecular complexity index is 1070. The predicted molar refractivity (Wildman–Crippen MR) is 98.9 cm³/mol. The van der Waals surface area contributed by atoms with E-state index in [1.807, 2.05) is 12.1 Å². The Morgan fingerprint density at radius 3 is 2.50 bits per heavy atom. The lowest BCUT2D eigenvalue weighted by Gasteiger charge is -2.29. The Hall–Kier alpha value is -3.43. The average Bonchev–Trinajstić information content (AvgIpc) is 3.12. The number of carbonyl (C=O) groups excluding carboxylic acids is 1. The zero-order valence-electron chi connectivity index (χ0n) is 15.4. The van der Waals surface area contributed by atoms with Crippen LogP contribution in [0.5, 0.6) is 11.5 Å². The fraction of sp³-hybridized carbons (Fsp3) is 0.250. The second-order valence-electron chi connectivity index (χ2n) is 6.71. The highest BCUT2D eigenvalue weighted by atomic mass is 35.5. The van der Waals surface area contributed by atoms with Crippen molar-refractivity contribution >= 4 is 17.5 Å². The molecule has 0 saturated heterocycles. The van der Waals surface area contributed by atoms with E-state index in [-0.39, 0.29) is 17.0 Å². The first-order valence-corrected chi connectivity index (χ1v) is 8.91. The fourth-order valence-electron chi connectivity index (χ4n) is 3.00. The van der Waals surface area contributed by atoms with Crippen LogP contribution in [0.1, 0.15) is 28.4 Å². The molecular weight excluding hydrogens is 423 g/mol. The first-order chi connectivity index (χ1) is 14.0. The number of hydrogen-bond donors (Lipinski definition) is 1. The number of carbonyl (C=O) groups is 1. The zero-order chi connectivity index (χ0) is 22.1. The van der Waals surface area contributed by atoms with Crippen molar-refractivity contribution < 1.29 is 27.4 Å². The summed E-state index contributed by atoms with van der Waals surface area (Å²) in [5, 5.41) is 21.5. The van der Waals surface area contributed by atoms with Gasteiger partial charge in [-0.3, -0.25) is 4.79 Å². The summed E-state index contributed by atoms with van der Waals surface area (Å²) in [7, 11) is 0. The van der Waals surface area contributed by atoms with E-state index in [4.69, 9.17) is 21.6 Å². The number of alkyl halides is 3. The molecule has 0 radical (unpaired) electrons. The van der Waals surface area contributed by atoms with Crippen molar-refractivity contribution in [2.45, 2.75) is 31.3 Å². The van der Waals surface area contributed by atoms with E-state index in [1.54, 1.807) is 6.07 Å². The van der Waals surface area contributed by atoms with E-state index in [0.29, 0.717) is 16.9 Å². The molecule has 0 fully saturated rings. The van der Waals surface area contributed by atoms with Gasteiger partial charge in [0.1, 0.15) is 17.6 Å². The van der Waals surface area contributed by atoms with Gasteiger partial charge in [0, 0.05) is 17.5 Å². The number of nitrogens with zero attached hydrogens (tertiary/aromatic N) is 2. The number of fused-ring (bicyclic) bond motifs is 1. The van der Waals surface area contributed by atoms with Gasteiger partial charge in [-0.25, -0.2) is 0 Å². The molecule has 0 aliphatic carbocycles. The maximum atomic E-state index is 12.6. The third-order valence-corrected chi connectivity index (χ3v) is 4.80. The number of benzene rings is 2. The van der Waals surface area contributed by atoms with Gasteiger partial charge < -0.3 is 14.8 Å². The van der Waals surface area contributed by atoms with E-state index >= 15 is 0 Å². The van der Waals surface area contributed by atoms with Gasteiger partial charge in [-0.15, -0.1) is 13.2 Å². The highest BCUT2D eigenvalue weighted by Crippen LogP contribution is 2.39. The SMILES string of the molecule is C[C@](C#N)(NC(=O)c1ccc(OC(F)(F)F)cc1)[C@H]1Cc2cc(C#N)cc(Cl)c2O1. The molecule has 1 aliphatic rings. The average molecular weight is 436 g/mol. The number of rotatable bonds is 4. The van der Waals surface area contributed by atoms with Crippen molar-refractivity contribution in [2.75, 3.05) is 0 Å². The number of halogens is 4. The minimum atomic E-state index is -4.84. The molecule has 1 amide bonds. The van der Waals surface area contributed by atoms with Gasteiger partial charge in [0.2, 0.25) is 0 Å². The first kappa shape index (κ1) is 21.3. The van der Waals surface area contributed by atoms with E-state index < -0.39 is 29.7 Å². The number of nitrogens with one attached hydrogen (secondary N) is 1. The quantitative estimate of drug-likeness (QED) is 0.779. The summed E-state index contributed by atoms with van der Waals surface area (Å²) in [5.74, 6) is -0.814. The summed E-state index contributed by atoms with van der Waals surface area (Å²) < 4.78 is 46.3. The van der Waals surface area contributed by atoms with Crippen molar-refractivity contribution in [3.63, 3.8) is 0 Å². The van der Waals surface area contributed by atoms with Crippen LogP contribution in [-0.4, -0.2) is 23.9 Å². The van der Waals surface area contributed by atoms with Crippen molar-refractivity contribution in [1.29, 1.82) is 10.5 Å². The zero-order valence-corrected chi connectivity index (χ0v) is 16.1. The largest absolute Gasteiger partial charge is 0.573 e. The lowest BCUT2D eigenvalue weighted by molar-refractivity contribution is -0.274. The molecule has 10 heteroatoms. The summed E-state index contributed by atoms with van der Waals surface area (Å²) in [6.45, 7) is 1.46. The third-order valence-electron chi connectivity index (χ3n) is 4.51. The smallest absolute Gasteiger partial charge is 0.485 e. The maximum absolute atomic E-state index is 12.6. The molecule has 0 spiro atoms. The summed E-state index contributed by atoms with van der Waals surface area (Å²) in [4.78, 5) is 12.6. The molecule has 1 heterocycles. The molecule has 3 rings (SSSR count). The summed E-state index contributed by atoms with van der Waals surface area (Å²) >= 11 is 6.14. The van der Waals surface area contributed by atoms with Crippen LogP contribution >= 0.6 is 11.6 Å². The minimum Gasteiger partial charge on any atom is -0.485 e. The highest BCUT2D eigenvalue weighted by Gasteiger charge is 2.43. The van der Waals surface area contributed by atoms with Crippen LogP contribution in [0.2, 0.25) is 5.02 Å². The molecule has 154 valence electrons. The standard InChI is InChI=1S/C20H13ClF3N3O3/c1-19(10-26,16-8-13-6-11(9-25)7-15(21)17(13)29-16)27-18(28)12-2-4-14(5-3-12)30-20(22,23)24/h2-7,16H,8H2,1H3,(H,27,28)/t16-,19-/m1/s1. The van der Waals surface area contributed by atoms with Gasteiger partial charge in [-0.05, 0) is 43.3 Å². The van der Waals surface area contributed by atoms with E-state index in [0.717, 1.165) is 24.3 Å². The summed E-state index contributed by atoms with van der Waals surface area (Å²) in [6, 6.07) is 11.3. The lowest BCUT2D eigenvalue weighted by Crippen LogP contribution is -2.55. The Morgan fingerprint density at radius 1 is 1.27 bits per heavy atom. The van der Waals surface area contributed by atoms with Gasteiger partial charge in [-0.1, -0.05) is 11.6 Å². The Morgan fingerprint density at radius 2 is 1.93 bits per heavy atom. The van der Waals surface area contributed by atoms with Gasteiger partial charge >= 0.3 is 6.36 Å². The Kier molecular flexibility index (Phi) is 5.51. The van der Waals surface area contributed by atoms with Crippen LogP contribution < -0.4 is 14.8 Å². The van der Waals surface area contributed by atoms with E-state index in [9.17, 15) is 23.2 Å². The monoisotopic (exact) mass is 435 g/mol. The van der Waals surface area contributed by atoms with Gasteiger partial charge in [0.25, 0.3) is 5.91 Å². The van der Waals surface area contributed by atoms with Crippen LogP contribution in [-0.2, 0) is 6.42 Å². The van der Waals surface area contributed by atoms with Crippen molar-refractivity contribution in [2.24, 2.45) is 0 Å². The molecule has 0 saturated carbocycles. The topological polar surface area (TPSA) is 95.1 Å². The number of ether oxygens (including phenoxy) is 2. The second-order valence-corrected chi connectivity index (χ2v) is 7.12. The van der Waals surface area contributed by atoms with E-state index in [2.05, 4.69) is 10.1 Å². The summed E-state index contributed by atoms with van der Waals surface area (Å²) in [5.41, 5.74) is -0.473. The fourth-order valence-corrected chi connectivity index (χ4v) is 3.28. The molecule has 6 nitrogen and oxygen atoms in total. The molecule has 2 aromatic carbocycles. The van der Waals surface area contributed by atoms with Crippen LogP contribution in [0.4, 0.5) is 13.2 Å². The normalized spacial score (nSPS) is 17.0. The molecular formula is C20H13ClF3N3O3. The minimum absolute atomic E-state index is 0.0336. The van der Waals surface area contributed by atoms with Crippen molar-refractivity contribution in [3.8, 4) is 23.6 Å². The highest BCUT2D eigenvalue weighted by molar-refractivity contribution is 6.32. The maximum Gasteiger partial charge on any atom is 0.573 e.